The fourth-order valence-corrected chi connectivity index (χ4v) is 1.92. The van der Waals surface area contributed by atoms with Crippen molar-refractivity contribution in [1.82, 2.24) is 20.0 Å². The number of hydrogen-bond donors (Lipinski definition) is 1. The molecule has 0 spiro atoms. The molecule has 7 nitrogen and oxygen atoms in total. The van der Waals surface area contributed by atoms with Gasteiger partial charge in [-0.1, -0.05) is 18.1 Å². The predicted octanol–water partition coefficient (Wildman–Crippen LogP) is 1.43. The van der Waals surface area contributed by atoms with Crippen molar-refractivity contribution < 1.29 is 14.4 Å². The summed E-state index contributed by atoms with van der Waals surface area (Å²) in [5.41, 5.74) is 0.621. The molecule has 0 bridgehead atoms. The van der Waals surface area contributed by atoms with Crippen LogP contribution in [0.5, 0.6) is 0 Å². The van der Waals surface area contributed by atoms with E-state index < -0.39 is 12.0 Å². The highest BCUT2D eigenvalue weighted by Crippen LogP contribution is 2.14. The molecule has 0 aliphatic rings. The maximum absolute atomic E-state index is 11.1. The molecule has 2 aromatic rings. The fourth-order valence-electron chi connectivity index (χ4n) is 1.92. The zero-order valence-electron chi connectivity index (χ0n) is 11.4. The maximum Gasteiger partial charge on any atom is 0.320 e. The van der Waals surface area contributed by atoms with Crippen LogP contribution in [0.25, 0.3) is 11.5 Å². The Balaban J connectivity index is 2.08. The Bertz CT molecular complexity index is 570. The van der Waals surface area contributed by atoms with Crippen LogP contribution in [0.2, 0.25) is 0 Å². The lowest BCUT2D eigenvalue weighted by Crippen LogP contribution is -2.37. The van der Waals surface area contributed by atoms with Crippen LogP contribution in [0.1, 0.15) is 19.2 Å². The van der Waals surface area contributed by atoms with Gasteiger partial charge in [-0.15, -0.1) is 0 Å². The smallest absolute Gasteiger partial charge is 0.320 e. The molecule has 0 aromatic carbocycles. The molecule has 1 atom stereocenters. The number of hydrogen-bond acceptors (Lipinski definition) is 6. The van der Waals surface area contributed by atoms with Crippen molar-refractivity contribution >= 4 is 5.97 Å². The van der Waals surface area contributed by atoms with Gasteiger partial charge >= 0.3 is 5.97 Å². The number of carbonyl (C=O) groups is 1. The first kappa shape index (κ1) is 14.1. The van der Waals surface area contributed by atoms with Gasteiger partial charge in [0.15, 0.2) is 0 Å². The monoisotopic (exact) mass is 276 g/mol. The molecule has 2 heterocycles. The summed E-state index contributed by atoms with van der Waals surface area (Å²) < 4.78 is 5.13. The Kier molecular flexibility index (Phi) is 4.41. The molecule has 1 unspecified atom stereocenters. The Morgan fingerprint density at radius 2 is 2.30 bits per heavy atom. The lowest BCUT2D eigenvalue weighted by molar-refractivity contribution is -0.143. The highest BCUT2D eigenvalue weighted by molar-refractivity contribution is 5.73. The molecule has 0 saturated heterocycles. The van der Waals surface area contributed by atoms with E-state index in [0.29, 0.717) is 23.8 Å². The summed E-state index contributed by atoms with van der Waals surface area (Å²) in [7, 11) is 1.72. The molecule has 0 fully saturated rings. The second-order valence-electron chi connectivity index (χ2n) is 4.40. The number of likely N-dealkylation sites (N-methyl/N-ethyl adjacent to an activating group) is 1. The minimum atomic E-state index is -0.862. The highest BCUT2D eigenvalue weighted by Gasteiger charge is 2.22. The van der Waals surface area contributed by atoms with Gasteiger partial charge in [0.25, 0.3) is 0 Å². The van der Waals surface area contributed by atoms with Crippen molar-refractivity contribution in [1.29, 1.82) is 0 Å². The van der Waals surface area contributed by atoms with E-state index in [2.05, 4.69) is 15.1 Å². The number of rotatable bonds is 6. The minimum absolute atomic E-state index is 0.282. The van der Waals surface area contributed by atoms with Gasteiger partial charge in [-0.25, -0.2) is 0 Å². The summed E-state index contributed by atoms with van der Waals surface area (Å²) in [5.74, 6) is -0.0929. The van der Waals surface area contributed by atoms with Crippen molar-refractivity contribution in [2.24, 2.45) is 0 Å². The molecular formula is C13H16N4O3. The van der Waals surface area contributed by atoms with E-state index in [1.54, 1.807) is 30.3 Å². The third-order valence-electron chi connectivity index (χ3n) is 2.95. The largest absolute Gasteiger partial charge is 0.480 e. The van der Waals surface area contributed by atoms with Gasteiger partial charge in [-0.05, 0) is 25.6 Å². The van der Waals surface area contributed by atoms with Crippen molar-refractivity contribution in [2.45, 2.75) is 25.9 Å². The van der Waals surface area contributed by atoms with E-state index in [1.165, 1.54) is 0 Å². The van der Waals surface area contributed by atoms with Gasteiger partial charge in [0.2, 0.25) is 11.7 Å². The van der Waals surface area contributed by atoms with Gasteiger partial charge in [-0.3, -0.25) is 14.7 Å². The summed E-state index contributed by atoms with van der Waals surface area (Å²) >= 11 is 0. The number of nitrogens with zero attached hydrogens (tertiary/aromatic N) is 4. The van der Waals surface area contributed by atoms with E-state index in [1.807, 2.05) is 13.0 Å². The van der Waals surface area contributed by atoms with Crippen LogP contribution in [0.4, 0.5) is 0 Å². The first-order chi connectivity index (χ1) is 9.61. The lowest BCUT2D eigenvalue weighted by Gasteiger charge is -2.21. The van der Waals surface area contributed by atoms with Crippen molar-refractivity contribution in [3.63, 3.8) is 0 Å². The van der Waals surface area contributed by atoms with E-state index >= 15 is 0 Å². The Labute approximate surface area is 116 Å². The summed E-state index contributed by atoms with van der Waals surface area (Å²) in [6.45, 7) is 2.10. The zero-order valence-corrected chi connectivity index (χ0v) is 11.4. The summed E-state index contributed by atoms with van der Waals surface area (Å²) in [6.07, 6.45) is 2.15. The average molecular weight is 276 g/mol. The second-order valence-corrected chi connectivity index (χ2v) is 4.40. The molecule has 0 radical (unpaired) electrons. The molecular weight excluding hydrogens is 260 g/mol. The van der Waals surface area contributed by atoms with Crippen molar-refractivity contribution in [3.8, 4) is 11.5 Å². The normalized spacial score (nSPS) is 12.6. The van der Waals surface area contributed by atoms with E-state index in [-0.39, 0.29) is 6.54 Å². The van der Waals surface area contributed by atoms with Crippen molar-refractivity contribution in [2.75, 3.05) is 7.05 Å². The van der Waals surface area contributed by atoms with Crippen LogP contribution in [-0.4, -0.2) is 44.2 Å². The van der Waals surface area contributed by atoms with E-state index in [9.17, 15) is 4.79 Å². The standard InChI is InChI=1S/C13H16N4O3/c1-3-10(13(18)19)17(2)8-11-15-12(16-20-11)9-6-4-5-7-14-9/h4-7,10H,3,8H2,1-2H3,(H,18,19). The molecule has 2 rings (SSSR count). The first-order valence-corrected chi connectivity index (χ1v) is 6.28. The maximum atomic E-state index is 11.1. The van der Waals surface area contributed by atoms with Crippen LogP contribution in [0.15, 0.2) is 28.9 Å². The average Bonchev–Trinajstić information content (AvgIpc) is 2.88. The minimum Gasteiger partial charge on any atom is -0.480 e. The lowest BCUT2D eigenvalue weighted by atomic mass is 10.2. The molecule has 2 aromatic heterocycles. The third kappa shape index (κ3) is 3.18. The van der Waals surface area contributed by atoms with Gasteiger partial charge in [0.1, 0.15) is 11.7 Å². The Morgan fingerprint density at radius 3 is 2.90 bits per heavy atom. The van der Waals surface area contributed by atoms with E-state index in [0.717, 1.165) is 0 Å². The van der Waals surface area contributed by atoms with Crippen LogP contribution < -0.4 is 0 Å². The Hall–Kier alpha value is -2.28. The molecule has 20 heavy (non-hydrogen) atoms. The molecule has 7 heteroatoms. The number of aliphatic carboxylic acids is 1. The second kappa shape index (κ2) is 6.25. The summed E-state index contributed by atoms with van der Waals surface area (Å²) in [4.78, 5) is 21.1. The first-order valence-electron chi connectivity index (χ1n) is 6.28. The molecule has 0 aliphatic carbocycles. The quantitative estimate of drug-likeness (QED) is 0.853. The third-order valence-corrected chi connectivity index (χ3v) is 2.95. The predicted molar refractivity (Wildman–Crippen MR) is 70.7 cm³/mol. The molecule has 106 valence electrons. The molecule has 1 N–H and O–H groups in total. The van der Waals surface area contributed by atoms with Crippen LogP contribution in [0.3, 0.4) is 0 Å². The van der Waals surface area contributed by atoms with Gasteiger partial charge < -0.3 is 9.63 Å². The number of pyridine rings is 1. The van der Waals surface area contributed by atoms with Crippen molar-refractivity contribution in [3.05, 3.63) is 30.3 Å². The van der Waals surface area contributed by atoms with Crippen LogP contribution in [0, 0.1) is 0 Å². The number of aromatic nitrogens is 3. The zero-order chi connectivity index (χ0) is 14.5. The van der Waals surface area contributed by atoms with Gasteiger partial charge in [0.05, 0.1) is 6.54 Å². The summed E-state index contributed by atoms with van der Waals surface area (Å²) in [6, 6.07) is 4.85. The molecule has 0 amide bonds. The fraction of sp³-hybridized carbons (Fsp3) is 0.385. The number of carboxylic acid groups (broad SMARTS) is 1. The van der Waals surface area contributed by atoms with E-state index in [4.69, 9.17) is 9.63 Å². The number of carboxylic acids is 1. The molecule has 0 saturated carbocycles. The van der Waals surface area contributed by atoms with Gasteiger partial charge in [0, 0.05) is 6.20 Å². The highest BCUT2D eigenvalue weighted by atomic mass is 16.5. The topological polar surface area (TPSA) is 92.3 Å². The van der Waals surface area contributed by atoms with Gasteiger partial charge in [-0.2, -0.15) is 4.98 Å². The summed E-state index contributed by atoms with van der Waals surface area (Å²) in [5, 5.41) is 12.9. The molecule has 0 aliphatic heterocycles. The Morgan fingerprint density at radius 1 is 1.50 bits per heavy atom. The SMILES string of the molecule is CCC(C(=O)O)N(C)Cc1nc(-c2ccccn2)no1. The van der Waals surface area contributed by atoms with Crippen LogP contribution in [-0.2, 0) is 11.3 Å². The van der Waals surface area contributed by atoms with Crippen LogP contribution >= 0.6 is 0 Å².